The van der Waals surface area contributed by atoms with Gasteiger partial charge in [0.2, 0.25) is 6.41 Å². The van der Waals surface area contributed by atoms with E-state index in [1.54, 1.807) is 24.3 Å². The first-order valence-corrected chi connectivity index (χ1v) is 4.60. The van der Waals surface area contributed by atoms with Crippen molar-refractivity contribution < 1.29 is 9.18 Å². The highest BCUT2D eigenvalue weighted by Crippen LogP contribution is 2.49. The van der Waals surface area contributed by atoms with Gasteiger partial charge in [-0.3, -0.25) is 4.79 Å². The highest BCUT2D eigenvalue weighted by Gasteiger charge is 2.44. The number of hydrogen-bond donors (Lipinski definition) is 1. The summed E-state index contributed by atoms with van der Waals surface area (Å²) in [4.78, 5) is 8.58. The van der Waals surface area contributed by atoms with Crippen LogP contribution in [0.15, 0.2) is 24.3 Å². The van der Waals surface area contributed by atoms with Crippen LogP contribution in [0.4, 0.5) is 4.39 Å². The fourth-order valence-electron chi connectivity index (χ4n) is 1.17. The molecule has 0 radical (unpaired) electrons. The summed E-state index contributed by atoms with van der Waals surface area (Å²) < 4.78 is 13.4. The number of primary amides is 1. The molecule has 1 aliphatic carbocycles. The summed E-state index contributed by atoms with van der Waals surface area (Å²) in [6, 6.07) is 7.04. The van der Waals surface area contributed by atoms with Gasteiger partial charge in [-0.25, -0.2) is 4.39 Å². The molecule has 0 aromatic heterocycles. The minimum atomic E-state index is -1.05. The van der Waals surface area contributed by atoms with Gasteiger partial charge in [0.25, 0.3) is 0 Å². The van der Waals surface area contributed by atoms with Crippen molar-refractivity contribution in [3.63, 3.8) is 0 Å². The molecule has 76 valence electrons. The Balaban J connectivity index is 0.000000293. The van der Waals surface area contributed by atoms with Gasteiger partial charge in [-0.15, -0.1) is 0 Å². The lowest BCUT2D eigenvalue weighted by atomic mass is 10.1. The van der Waals surface area contributed by atoms with Crippen molar-refractivity contribution in [3.05, 3.63) is 34.9 Å². The molecule has 0 unspecified atom stereocenters. The van der Waals surface area contributed by atoms with Crippen LogP contribution in [-0.2, 0) is 10.5 Å². The largest absolute Gasteiger partial charge is 0.372 e. The molecule has 1 aromatic carbocycles. The Morgan fingerprint density at radius 3 is 2.50 bits per heavy atom. The molecule has 14 heavy (non-hydrogen) atoms. The molecule has 1 amide bonds. The molecule has 4 heteroatoms. The van der Waals surface area contributed by atoms with Crippen LogP contribution in [0.25, 0.3) is 0 Å². The van der Waals surface area contributed by atoms with Gasteiger partial charge in [-0.05, 0) is 30.5 Å². The molecule has 0 aliphatic heterocycles. The first-order chi connectivity index (χ1) is 6.62. The molecule has 0 atom stereocenters. The van der Waals surface area contributed by atoms with E-state index in [-0.39, 0.29) is 6.41 Å². The maximum Gasteiger partial charge on any atom is 0.204 e. The summed E-state index contributed by atoms with van der Waals surface area (Å²) in [6.45, 7) is 0. The van der Waals surface area contributed by atoms with E-state index in [4.69, 9.17) is 16.4 Å². The Labute approximate surface area is 86.9 Å². The third-order valence-electron chi connectivity index (χ3n) is 2.03. The molecule has 1 aromatic rings. The average Bonchev–Trinajstić information content (AvgIpc) is 2.87. The summed E-state index contributed by atoms with van der Waals surface area (Å²) >= 11 is 5.71. The zero-order valence-corrected chi connectivity index (χ0v) is 8.30. The summed E-state index contributed by atoms with van der Waals surface area (Å²) in [6.07, 6.45) is 1.54. The average molecular weight is 216 g/mol. The van der Waals surface area contributed by atoms with Gasteiger partial charge in [0, 0.05) is 5.02 Å². The minimum Gasteiger partial charge on any atom is -0.372 e. The third kappa shape index (κ3) is 2.70. The number of carbonyl (C=O) groups is 1. The van der Waals surface area contributed by atoms with Crippen LogP contribution in [0.3, 0.4) is 0 Å². The van der Waals surface area contributed by atoms with Crippen LogP contribution in [0.2, 0.25) is 5.02 Å². The van der Waals surface area contributed by atoms with Crippen molar-refractivity contribution in [2.45, 2.75) is 18.5 Å². The molecular weight excluding hydrogens is 205 g/mol. The lowest BCUT2D eigenvalue weighted by Gasteiger charge is -2.03. The van der Waals surface area contributed by atoms with Gasteiger partial charge in [0.05, 0.1) is 0 Å². The van der Waals surface area contributed by atoms with Gasteiger partial charge >= 0.3 is 0 Å². The Bertz CT molecular complexity index is 326. The smallest absolute Gasteiger partial charge is 0.204 e. The monoisotopic (exact) mass is 215 g/mol. The van der Waals surface area contributed by atoms with Gasteiger partial charge in [-0.1, -0.05) is 23.7 Å². The second kappa shape index (κ2) is 4.42. The normalized spacial score (nSPS) is 16.4. The predicted octanol–water partition coefficient (Wildman–Crippen LogP) is 2.40. The highest BCUT2D eigenvalue weighted by molar-refractivity contribution is 6.30. The van der Waals surface area contributed by atoms with Crippen molar-refractivity contribution in [2.24, 2.45) is 5.73 Å². The van der Waals surface area contributed by atoms with E-state index in [0.717, 1.165) is 5.56 Å². The number of nitrogens with two attached hydrogens (primary N) is 1. The van der Waals surface area contributed by atoms with E-state index in [2.05, 4.69) is 5.73 Å². The molecule has 1 fully saturated rings. The van der Waals surface area contributed by atoms with E-state index in [9.17, 15) is 4.39 Å². The van der Waals surface area contributed by atoms with Crippen molar-refractivity contribution in [3.8, 4) is 0 Å². The SMILES string of the molecule is FC1(c2cccc(Cl)c2)CC1.NC=O. The number of amides is 1. The van der Waals surface area contributed by atoms with E-state index >= 15 is 0 Å². The zero-order chi connectivity index (χ0) is 10.6. The standard InChI is InChI=1S/C9H8ClF.CH3NO/c10-8-3-1-2-7(6-8)9(11)4-5-9;2-1-3/h1-3,6H,4-5H2;1H,(H2,2,3). The Morgan fingerprint density at radius 2 is 2.07 bits per heavy atom. The van der Waals surface area contributed by atoms with Crippen LogP contribution in [0.5, 0.6) is 0 Å². The maximum atomic E-state index is 13.4. The summed E-state index contributed by atoms with van der Waals surface area (Å²) in [7, 11) is 0. The van der Waals surface area contributed by atoms with Gasteiger partial charge in [0.15, 0.2) is 0 Å². The zero-order valence-electron chi connectivity index (χ0n) is 7.54. The van der Waals surface area contributed by atoms with Crippen LogP contribution in [-0.4, -0.2) is 6.41 Å². The Hall–Kier alpha value is -1.09. The fourth-order valence-corrected chi connectivity index (χ4v) is 1.36. The van der Waals surface area contributed by atoms with Gasteiger partial charge in [0.1, 0.15) is 5.67 Å². The lowest BCUT2D eigenvalue weighted by Crippen LogP contribution is -1.95. The van der Waals surface area contributed by atoms with E-state index in [1.165, 1.54) is 0 Å². The van der Waals surface area contributed by atoms with Crippen molar-refractivity contribution in [2.75, 3.05) is 0 Å². The summed E-state index contributed by atoms with van der Waals surface area (Å²) in [5.74, 6) is 0. The quantitative estimate of drug-likeness (QED) is 0.719. The number of carbonyl (C=O) groups excluding carboxylic acids is 1. The molecular formula is C10H11ClFNO. The maximum absolute atomic E-state index is 13.4. The van der Waals surface area contributed by atoms with Crippen molar-refractivity contribution in [1.82, 2.24) is 0 Å². The molecule has 1 saturated carbocycles. The molecule has 2 N–H and O–H groups in total. The summed E-state index contributed by atoms with van der Waals surface area (Å²) in [5.41, 5.74) is 3.84. The van der Waals surface area contributed by atoms with Crippen LogP contribution >= 0.6 is 11.6 Å². The third-order valence-corrected chi connectivity index (χ3v) is 2.27. The molecule has 0 saturated heterocycles. The number of halogens is 2. The number of hydrogen-bond acceptors (Lipinski definition) is 1. The Kier molecular flexibility index (Phi) is 3.47. The lowest BCUT2D eigenvalue weighted by molar-refractivity contribution is -0.106. The molecule has 1 aliphatic rings. The van der Waals surface area contributed by atoms with Crippen molar-refractivity contribution in [1.29, 1.82) is 0 Å². The van der Waals surface area contributed by atoms with E-state index < -0.39 is 5.67 Å². The van der Waals surface area contributed by atoms with Crippen LogP contribution < -0.4 is 5.73 Å². The van der Waals surface area contributed by atoms with Gasteiger partial charge < -0.3 is 5.73 Å². The molecule has 0 bridgehead atoms. The second-order valence-corrected chi connectivity index (χ2v) is 3.55. The Morgan fingerprint density at radius 1 is 1.50 bits per heavy atom. The van der Waals surface area contributed by atoms with Crippen molar-refractivity contribution >= 4 is 18.0 Å². The first-order valence-electron chi connectivity index (χ1n) is 4.23. The minimum absolute atomic E-state index is 0.250. The van der Waals surface area contributed by atoms with Crippen LogP contribution in [0, 0.1) is 0 Å². The van der Waals surface area contributed by atoms with Crippen LogP contribution in [0.1, 0.15) is 18.4 Å². The molecule has 2 rings (SSSR count). The van der Waals surface area contributed by atoms with E-state index in [0.29, 0.717) is 17.9 Å². The number of rotatable bonds is 1. The topological polar surface area (TPSA) is 43.1 Å². The van der Waals surface area contributed by atoms with Gasteiger partial charge in [-0.2, -0.15) is 0 Å². The first kappa shape index (κ1) is 11.0. The molecule has 0 spiro atoms. The van der Waals surface area contributed by atoms with E-state index in [1.807, 2.05) is 0 Å². The number of benzene rings is 1. The molecule has 0 heterocycles. The molecule has 2 nitrogen and oxygen atoms in total. The summed E-state index contributed by atoms with van der Waals surface area (Å²) in [5, 5.41) is 0.617. The fraction of sp³-hybridized carbons (Fsp3) is 0.300. The predicted molar refractivity (Wildman–Crippen MR) is 53.7 cm³/mol. The number of alkyl halides is 1. The highest BCUT2D eigenvalue weighted by atomic mass is 35.5. The second-order valence-electron chi connectivity index (χ2n) is 3.11.